The average molecular weight is 250 g/mol. The van der Waals surface area contributed by atoms with Crippen LogP contribution < -0.4 is 10.6 Å². The molecule has 0 aliphatic carbocycles. The minimum absolute atomic E-state index is 0.231. The lowest BCUT2D eigenvalue weighted by Gasteiger charge is -2.29. The maximum Gasteiger partial charge on any atom is 0.245 e. The number of rotatable bonds is 2. The first kappa shape index (κ1) is 10.7. The number of aromatic amines is 1. The molecule has 0 spiro atoms. The number of piperidine rings is 1. The van der Waals surface area contributed by atoms with Crippen molar-refractivity contribution in [3.05, 3.63) is 11.7 Å². The lowest BCUT2D eigenvalue weighted by atomic mass is 10.1. The quantitative estimate of drug-likeness (QED) is 0.825. The summed E-state index contributed by atoms with van der Waals surface area (Å²) in [4.78, 5) is 11.7. The summed E-state index contributed by atoms with van der Waals surface area (Å²) in [6.45, 7) is 1.81. The SMILES string of the molecule is NC1CCCN(c2n[nH]c(-c3cncs3)n2)C1. The number of hydrogen-bond donors (Lipinski definition) is 2. The number of nitrogens with zero attached hydrogens (tertiary/aromatic N) is 4. The minimum atomic E-state index is 0.231. The molecule has 2 aromatic heterocycles. The third-order valence-corrected chi connectivity index (χ3v) is 3.66. The summed E-state index contributed by atoms with van der Waals surface area (Å²) in [6, 6.07) is 0.231. The van der Waals surface area contributed by atoms with E-state index in [-0.39, 0.29) is 6.04 Å². The van der Waals surface area contributed by atoms with Crippen LogP contribution >= 0.6 is 11.3 Å². The van der Waals surface area contributed by atoms with Crippen LogP contribution in [-0.2, 0) is 0 Å². The number of thiazole rings is 1. The number of nitrogens with one attached hydrogen (secondary N) is 1. The van der Waals surface area contributed by atoms with Crippen molar-refractivity contribution in [1.29, 1.82) is 0 Å². The molecule has 6 nitrogen and oxygen atoms in total. The molecule has 0 bridgehead atoms. The van der Waals surface area contributed by atoms with Gasteiger partial charge in [0.05, 0.1) is 10.4 Å². The van der Waals surface area contributed by atoms with Crippen LogP contribution in [0.5, 0.6) is 0 Å². The van der Waals surface area contributed by atoms with Gasteiger partial charge in [0.2, 0.25) is 5.95 Å². The van der Waals surface area contributed by atoms with E-state index < -0.39 is 0 Å². The first-order chi connectivity index (χ1) is 8.33. The number of H-pyrrole nitrogens is 1. The fraction of sp³-hybridized carbons (Fsp3) is 0.500. The van der Waals surface area contributed by atoms with E-state index in [0.717, 1.165) is 42.6 Å². The van der Waals surface area contributed by atoms with Crippen LogP contribution in [0.1, 0.15) is 12.8 Å². The largest absolute Gasteiger partial charge is 0.338 e. The van der Waals surface area contributed by atoms with E-state index in [0.29, 0.717) is 0 Å². The summed E-state index contributed by atoms with van der Waals surface area (Å²) >= 11 is 1.55. The highest BCUT2D eigenvalue weighted by molar-refractivity contribution is 7.13. The van der Waals surface area contributed by atoms with Gasteiger partial charge in [-0.05, 0) is 12.8 Å². The van der Waals surface area contributed by atoms with Crippen molar-refractivity contribution < 1.29 is 0 Å². The monoisotopic (exact) mass is 250 g/mol. The topological polar surface area (TPSA) is 83.7 Å². The molecule has 1 aliphatic heterocycles. The molecule has 7 heteroatoms. The van der Waals surface area contributed by atoms with E-state index in [4.69, 9.17) is 5.73 Å². The van der Waals surface area contributed by atoms with Crippen molar-refractivity contribution >= 4 is 17.3 Å². The maximum atomic E-state index is 5.95. The van der Waals surface area contributed by atoms with Gasteiger partial charge in [-0.2, -0.15) is 4.98 Å². The normalized spacial score (nSPS) is 20.8. The summed E-state index contributed by atoms with van der Waals surface area (Å²) < 4.78 is 0. The predicted molar refractivity (Wildman–Crippen MR) is 66.9 cm³/mol. The molecule has 1 fully saturated rings. The Hall–Kier alpha value is -1.47. The van der Waals surface area contributed by atoms with E-state index in [1.165, 1.54) is 0 Å². The van der Waals surface area contributed by atoms with Crippen molar-refractivity contribution in [2.45, 2.75) is 18.9 Å². The van der Waals surface area contributed by atoms with Gasteiger partial charge in [-0.1, -0.05) is 0 Å². The van der Waals surface area contributed by atoms with Gasteiger partial charge < -0.3 is 10.6 Å². The Labute approximate surface area is 103 Å². The molecule has 1 atom stereocenters. The Morgan fingerprint density at radius 1 is 1.53 bits per heavy atom. The lowest BCUT2D eigenvalue weighted by molar-refractivity contribution is 0.500. The standard InChI is InChI=1S/C10H14N6S/c11-7-2-1-3-16(5-7)10-13-9(14-15-10)8-4-12-6-17-8/h4,6-7H,1-3,5,11H2,(H,13,14,15). The lowest BCUT2D eigenvalue weighted by Crippen LogP contribution is -2.43. The first-order valence-electron chi connectivity index (χ1n) is 5.65. The highest BCUT2D eigenvalue weighted by Crippen LogP contribution is 2.22. The summed E-state index contributed by atoms with van der Waals surface area (Å²) in [7, 11) is 0. The van der Waals surface area contributed by atoms with Crippen LogP contribution in [0, 0.1) is 0 Å². The number of anilines is 1. The van der Waals surface area contributed by atoms with Gasteiger partial charge in [0.25, 0.3) is 0 Å². The third-order valence-electron chi connectivity index (χ3n) is 2.88. The molecule has 3 N–H and O–H groups in total. The average Bonchev–Trinajstić information content (AvgIpc) is 3.00. The van der Waals surface area contributed by atoms with Gasteiger partial charge in [-0.15, -0.1) is 16.4 Å². The van der Waals surface area contributed by atoms with Crippen molar-refractivity contribution in [3.63, 3.8) is 0 Å². The molecule has 1 unspecified atom stereocenters. The second-order valence-corrected chi connectivity index (χ2v) is 5.08. The van der Waals surface area contributed by atoms with Crippen molar-refractivity contribution in [2.24, 2.45) is 5.73 Å². The Morgan fingerprint density at radius 3 is 3.24 bits per heavy atom. The summed E-state index contributed by atoms with van der Waals surface area (Å²) in [6.07, 6.45) is 3.98. The summed E-state index contributed by atoms with van der Waals surface area (Å²) in [5.41, 5.74) is 7.73. The zero-order chi connectivity index (χ0) is 11.7. The van der Waals surface area contributed by atoms with E-state index in [1.54, 1.807) is 23.0 Å². The Morgan fingerprint density at radius 2 is 2.47 bits per heavy atom. The van der Waals surface area contributed by atoms with Gasteiger partial charge in [0, 0.05) is 25.3 Å². The molecule has 17 heavy (non-hydrogen) atoms. The van der Waals surface area contributed by atoms with Crippen molar-refractivity contribution in [1.82, 2.24) is 20.2 Å². The van der Waals surface area contributed by atoms with Gasteiger partial charge >= 0.3 is 0 Å². The smallest absolute Gasteiger partial charge is 0.245 e. The molecule has 0 saturated carbocycles. The molecular formula is C10H14N6S. The third kappa shape index (κ3) is 2.16. The van der Waals surface area contributed by atoms with E-state index in [1.807, 2.05) is 0 Å². The highest BCUT2D eigenvalue weighted by atomic mass is 32.1. The molecule has 3 heterocycles. The van der Waals surface area contributed by atoms with Gasteiger partial charge in [0.1, 0.15) is 0 Å². The molecule has 3 rings (SSSR count). The zero-order valence-electron chi connectivity index (χ0n) is 9.33. The Bertz CT molecular complexity index is 479. The second-order valence-electron chi connectivity index (χ2n) is 4.20. The van der Waals surface area contributed by atoms with E-state index >= 15 is 0 Å². The van der Waals surface area contributed by atoms with E-state index in [9.17, 15) is 0 Å². The first-order valence-corrected chi connectivity index (χ1v) is 6.52. The number of aromatic nitrogens is 4. The van der Waals surface area contributed by atoms with Crippen LogP contribution in [-0.4, -0.2) is 39.3 Å². The summed E-state index contributed by atoms with van der Waals surface area (Å²) in [5.74, 6) is 1.52. The fourth-order valence-electron chi connectivity index (χ4n) is 2.03. The second kappa shape index (κ2) is 4.42. The van der Waals surface area contributed by atoms with Crippen molar-refractivity contribution in [2.75, 3.05) is 18.0 Å². The fourth-order valence-corrected chi connectivity index (χ4v) is 2.59. The molecular weight excluding hydrogens is 236 g/mol. The van der Waals surface area contributed by atoms with Crippen LogP contribution in [0.15, 0.2) is 11.7 Å². The Kier molecular flexibility index (Phi) is 2.77. The van der Waals surface area contributed by atoms with Crippen LogP contribution in [0.3, 0.4) is 0 Å². The van der Waals surface area contributed by atoms with E-state index in [2.05, 4.69) is 25.1 Å². The van der Waals surface area contributed by atoms with Gasteiger partial charge in [0.15, 0.2) is 5.82 Å². The number of nitrogens with two attached hydrogens (primary N) is 1. The molecule has 0 radical (unpaired) electrons. The summed E-state index contributed by atoms with van der Waals surface area (Å²) in [5, 5.41) is 7.19. The predicted octanol–water partition coefficient (Wildman–Crippen LogP) is 0.856. The minimum Gasteiger partial charge on any atom is -0.338 e. The molecule has 0 aromatic carbocycles. The van der Waals surface area contributed by atoms with Crippen LogP contribution in [0.2, 0.25) is 0 Å². The zero-order valence-corrected chi connectivity index (χ0v) is 10.2. The highest BCUT2D eigenvalue weighted by Gasteiger charge is 2.20. The van der Waals surface area contributed by atoms with Gasteiger partial charge in [-0.25, -0.2) is 0 Å². The maximum absolute atomic E-state index is 5.95. The van der Waals surface area contributed by atoms with Crippen molar-refractivity contribution in [3.8, 4) is 10.7 Å². The molecule has 1 saturated heterocycles. The molecule has 2 aromatic rings. The molecule has 90 valence electrons. The Balaban J connectivity index is 1.80. The molecule has 0 amide bonds. The van der Waals surface area contributed by atoms with Crippen LogP contribution in [0.25, 0.3) is 10.7 Å². The van der Waals surface area contributed by atoms with Crippen LogP contribution in [0.4, 0.5) is 5.95 Å². The molecule has 1 aliphatic rings. The number of hydrogen-bond acceptors (Lipinski definition) is 6. The van der Waals surface area contributed by atoms with Gasteiger partial charge in [-0.3, -0.25) is 10.1 Å².